The zero-order chi connectivity index (χ0) is 11.4. The number of carbonyl (C=O) groups is 1. The maximum absolute atomic E-state index is 13.0. The van der Waals surface area contributed by atoms with Gasteiger partial charge in [0, 0.05) is 0 Å². The van der Waals surface area contributed by atoms with Crippen LogP contribution in [0, 0.1) is 5.82 Å². The van der Waals surface area contributed by atoms with Gasteiger partial charge in [-0.05, 0) is 18.2 Å². The molecule has 82 valence electrons. The number of esters is 1. The third-order valence-electron chi connectivity index (χ3n) is 1.57. The number of halogens is 3. The van der Waals surface area contributed by atoms with E-state index in [0.29, 0.717) is 0 Å². The number of benzene rings is 1. The van der Waals surface area contributed by atoms with Crippen molar-refractivity contribution in [3.05, 3.63) is 29.6 Å². The van der Waals surface area contributed by atoms with Crippen molar-refractivity contribution in [2.75, 3.05) is 7.11 Å². The Kier molecular flexibility index (Phi) is 3.54. The lowest BCUT2D eigenvalue weighted by Crippen LogP contribution is -2.07. The molecule has 0 saturated heterocycles. The van der Waals surface area contributed by atoms with Crippen molar-refractivity contribution in [2.45, 2.75) is 6.61 Å². The molecule has 1 aromatic rings. The van der Waals surface area contributed by atoms with E-state index in [2.05, 4.69) is 9.47 Å². The van der Waals surface area contributed by atoms with Gasteiger partial charge in [-0.1, -0.05) is 0 Å². The molecule has 0 saturated carbocycles. The van der Waals surface area contributed by atoms with Gasteiger partial charge in [-0.25, -0.2) is 9.18 Å². The van der Waals surface area contributed by atoms with Crippen molar-refractivity contribution in [2.24, 2.45) is 0 Å². The zero-order valence-corrected chi connectivity index (χ0v) is 7.67. The number of methoxy groups -OCH3 is 1. The predicted molar refractivity (Wildman–Crippen MR) is 44.4 cm³/mol. The van der Waals surface area contributed by atoms with Crippen molar-refractivity contribution < 1.29 is 27.4 Å². The lowest BCUT2D eigenvalue weighted by Gasteiger charge is -2.06. The molecule has 15 heavy (non-hydrogen) atoms. The molecule has 0 bridgehead atoms. The highest BCUT2D eigenvalue weighted by Crippen LogP contribution is 2.19. The zero-order valence-electron chi connectivity index (χ0n) is 7.67. The van der Waals surface area contributed by atoms with Gasteiger partial charge in [-0.2, -0.15) is 8.78 Å². The maximum atomic E-state index is 13.0. The smallest absolute Gasteiger partial charge is 0.387 e. The SMILES string of the molecule is COC(=O)c1cc(OC(F)F)ccc1F. The first kappa shape index (κ1) is 11.4. The van der Waals surface area contributed by atoms with Gasteiger partial charge in [0.25, 0.3) is 0 Å². The minimum Gasteiger partial charge on any atom is -0.465 e. The van der Waals surface area contributed by atoms with Crippen LogP contribution in [-0.2, 0) is 4.74 Å². The highest BCUT2D eigenvalue weighted by molar-refractivity contribution is 5.90. The van der Waals surface area contributed by atoms with Gasteiger partial charge in [0.05, 0.1) is 12.7 Å². The molecular formula is C9H7F3O3. The molecular weight excluding hydrogens is 213 g/mol. The first-order valence-corrected chi connectivity index (χ1v) is 3.87. The number of hydrogen-bond acceptors (Lipinski definition) is 3. The Morgan fingerprint density at radius 2 is 2.07 bits per heavy atom. The van der Waals surface area contributed by atoms with Crippen molar-refractivity contribution in [1.29, 1.82) is 0 Å². The standard InChI is InChI=1S/C9H7F3O3/c1-14-8(13)6-4-5(15-9(11)12)2-3-7(6)10/h2-4,9H,1H3. The van der Waals surface area contributed by atoms with E-state index in [1.807, 2.05) is 0 Å². The van der Waals surface area contributed by atoms with Crippen LogP contribution >= 0.6 is 0 Å². The molecule has 0 heterocycles. The predicted octanol–water partition coefficient (Wildman–Crippen LogP) is 2.21. The molecule has 0 radical (unpaired) electrons. The van der Waals surface area contributed by atoms with Crippen LogP contribution in [0.25, 0.3) is 0 Å². The normalized spacial score (nSPS) is 10.2. The summed E-state index contributed by atoms with van der Waals surface area (Å²) in [5, 5.41) is 0. The average molecular weight is 220 g/mol. The third kappa shape index (κ3) is 2.87. The second-order valence-corrected chi connectivity index (χ2v) is 2.51. The minimum absolute atomic E-state index is 0.299. The van der Waals surface area contributed by atoms with Crippen molar-refractivity contribution >= 4 is 5.97 Å². The summed E-state index contributed by atoms with van der Waals surface area (Å²) in [5.74, 6) is -2.11. The molecule has 0 aliphatic rings. The Morgan fingerprint density at radius 1 is 1.40 bits per heavy atom. The average Bonchev–Trinajstić information content (AvgIpc) is 2.19. The fraction of sp³-hybridized carbons (Fsp3) is 0.222. The fourth-order valence-electron chi connectivity index (χ4n) is 0.947. The number of carbonyl (C=O) groups excluding carboxylic acids is 1. The highest BCUT2D eigenvalue weighted by atomic mass is 19.3. The topological polar surface area (TPSA) is 35.5 Å². The van der Waals surface area contributed by atoms with Crippen LogP contribution in [0.15, 0.2) is 18.2 Å². The van der Waals surface area contributed by atoms with Crippen LogP contribution in [-0.4, -0.2) is 19.7 Å². The van der Waals surface area contributed by atoms with Crippen LogP contribution in [0.1, 0.15) is 10.4 Å². The van der Waals surface area contributed by atoms with Gasteiger partial charge in [0.2, 0.25) is 0 Å². The molecule has 3 nitrogen and oxygen atoms in total. The number of rotatable bonds is 3. The van der Waals surface area contributed by atoms with Gasteiger partial charge in [-0.3, -0.25) is 0 Å². The Bertz CT molecular complexity index is 366. The van der Waals surface area contributed by atoms with Crippen LogP contribution in [0.4, 0.5) is 13.2 Å². The van der Waals surface area contributed by atoms with Gasteiger partial charge >= 0.3 is 12.6 Å². The number of hydrogen-bond donors (Lipinski definition) is 0. The van der Waals surface area contributed by atoms with Crippen LogP contribution in [0.3, 0.4) is 0 Å². The quantitative estimate of drug-likeness (QED) is 0.732. The van der Waals surface area contributed by atoms with Crippen molar-refractivity contribution in [3.8, 4) is 5.75 Å². The molecule has 1 aromatic carbocycles. The van der Waals surface area contributed by atoms with E-state index in [9.17, 15) is 18.0 Å². The summed E-state index contributed by atoms with van der Waals surface area (Å²) in [4.78, 5) is 11.0. The number of alkyl halides is 2. The summed E-state index contributed by atoms with van der Waals surface area (Å²) in [6, 6.07) is 2.70. The molecule has 0 aliphatic carbocycles. The second-order valence-electron chi connectivity index (χ2n) is 2.51. The van der Waals surface area contributed by atoms with E-state index in [1.165, 1.54) is 0 Å². The molecule has 0 atom stereocenters. The summed E-state index contributed by atoms with van der Waals surface area (Å²) in [7, 11) is 1.06. The van der Waals surface area contributed by atoms with Gasteiger partial charge in [0.1, 0.15) is 11.6 Å². The van der Waals surface area contributed by atoms with Gasteiger partial charge in [-0.15, -0.1) is 0 Å². The van der Waals surface area contributed by atoms with Crippen molar-refractivity contribution in [3.63, 3.8) is 0 Å². The first-order valence-electron chi connectivity index (χ1n) is 3.87. The maximum Gasteiger partial charge on any atom is 0.387 e. The van der Waals surface area contributed by atoms with Crippen LogP contribution < -0.4 is 4.74 Å². The lowest BCUT2D eigenvalue weighted by molar-refractivity contribution is -0.0499. The molecule has 0 N–H and O–H groups in total. The van der Waals surface area contributed by atoms with E-state index in [4.69, 9.17) is 0 Å². The molecule has 0 amide bonds. The Balaban J connectivity index is 3.00. The van der Waals surface area contributed by atoms with E-state index in [0.717, 1.165) is 25.3 Å². The molecule has 1 rings (SSSR count). The first-order chi connectivity index (χ1) is 7.04. The Labute approximate surface area is 83.4 Å². The molecule has 0 aliphatic heterocycles. The number of ether oxygens (including phenoxy) is 2. The summed E-state index contributed by atoms with van der Waals surface area (Å²) in [5.41, 5.74) is -0.448. The van der Waals surface area contributed by atoms with E-state index < -0.39 is 24.0 Å². The third-order valence-corrected chi connectivity index (χ3v) is 1.57. The largest absolute Gasteiger partial charge is 0.465 e. The highest BCUT2D eigenvalue weighted by Gasteiger charge is 2.14. The summed E-state index contributed by atoms with van der Waals surface area (Å²) >= 11 is 0. The van der Waals surface area contributed by atoms with Crippen LogP contribution in [0.5, 0.6) is 5.75 Å². The summed E-state index contributed by atoms with van der Waals surface area (Å²) in [6.07, 6.45) is 0. The van der Waals surface area contributed by atoms with Crippen LogP contribution in [0.2, 0.25) is 0 Å². The summed E-state index contributed by atoms with van der Waals surface area (Å²) in [6.45, 7) is -3.03. The lowest BCUT2D eigenvalue weighted by atomic mass is 10.2. The van der Waals surface area contributed by atoms with E-state index in [-0.39, 0.29) is 5.75 Å². The van der Waals surface area contributed by atoms with E-state index in [1.54, 1.807) is 0 Å². The molecule has 0 fully saturated rings. The monoisotopic (exact) mass is 220 g/mol. The van der Waals surface area contributed by atoms with Gasteiger partial charge in [0.15, 0.2) is 0 Å². The molecule has 0 unspecified atom stereocenters. The molecule has 0 spiro atoms. The minimum atomic E-state index is -3.03. The van der Waals surface area contributed by atoms with Crippen molar-refractivity contribution in [1.82, 2.24) is 0 Å². The summed E-state index contributed by atoms with van der Waals surface area (Å²) < 4.78 is 44.9. The van der Waals surface area contributed by atoms with E-state index >= 15 is 0 Å². The van der Waals surface area contributed by atoms with Gasteiger partial charge < -0.3 is 9.47 Å². The molecule has 6 heteroatoms. The second kappa shape index (κ2) is 4.68. The molecule has 0 aromatic heterocycles. The Hall–Kier alpha value is -1.72. The Morgan fingerprint density at radius 3 is 2.60 bits per heavy atom. The fourth-order valence-corrected chi connectivity index (χ4v) is 0.947.